The summed E-state index contributed by atoms with van der Waals surface area (Å²) in [7, 11) is 0. The Hall–Kier alpha value is -0.160. The molecule has 2 atom stereocenters. The highest BCUT2D eigenvalue weighted by Crippen LogP contribution is 2.03. The van der Waals surface area contributed by atoms with Gasteiger partial charge < -0.3 is 21.7 Å². The van der Waals surface area contributed by atoms with Gasteiger partial charge in [0.2, 0.25) is 0 Å². The first-order chi connectivity index (χ1) is 5.22. The van der Waals surface area contributed by atoms with Crippen molar-refractivity contribution in [3.63, 3.8) is 0 Å². The Bertz CT molecular complexity index is 90.5. The summed E-state index contributed by atoms with van der Waals surface area (Å²) in [5.74, 6) is 0. The first-order valence-electron chi connectivity index (χ1n) is 3.98. The topological polar surface area (TPSA) is 92.5 Å². The minimum absolute atomic E-state index is 0.115. The van der Waals surface area contributed by atoms with Crippen LogP contribution in [-0.2, 0) is 0 Å². The summed E-state index contributed by atoms with van der Waals surface area (Å²) < 4.78 is 0. The van der Waals surface area contributed by atoms with Crippen LogP contribution in [0, 0.1) is 0 Å². The first-order valence-corrected chi connectivity index (χ1v) is 3.98. The zero-order valence-electron chi connectivity index (χ0n) is 6.74. The molecule has 0 aliphatic heterocycles. The maximum absolute atomic E-state index is 9.17. The average molecular weight is 162 g/mol. The van der Waals surface area contributed by atoms with Crippen LogP contribution in [0.15, 0.2) is 0 Å². The summed E-state index contributed by atoms with van der Waals surface area (Å²) in [6.07, 6.45) is 0.831. The number of hydrogen-bond acceptors (Lipinski definition) is 4. The molecule has 0 aromatic carbocycles. The fourth-order valence-electron chi connectivity index (χ4n) is 0.847. The maximum atomic E-state index is 9.17. The second-order valence-corrected chi connectivity index (χ2v) is 2.65. The predicted octanol–water partition coefficient (Wildman–Crippen LogP) is -1.20. The highest BCUT2D eigenvalue weighted by molar-refractivity contribution is 4.67. The third kappa shape index (κ3) is 5.15. The molecule has 0 heterocycles. The Balaban J connectivity index is 3.28. The third-order valence-corrected chi connectivity index (χ3v) is 1.64. The van der Waals surface area contributed by atoms with Gasteiger partial charge >= 0.3 is 0 Å². The Labute approximate surface area is 67.2 Å². The number of unbranched alkanes of at least 4 members (excludes halogenated alkanes) is 1. The van der Waals surface area contributed by atoms with Crippen LogP contribution < -0.4 is 11.5 Å². The van der Waals surface area contributed by atoms with Crippen LogP contribution in [0.1, 0.15) is 19.3 Å². The number of hydrogen-bond donors (Lipinski definition) is 4. The molecule has 0 saturated heterocycles. The zero-order valence-corrected chi connectivity index (χ0v) is 6.74. The smallest absolute Gasteiger partial charge is 0.0920 e. The van der Waals surface area contributed by atoms with Crippen molar-refractivity contribution >= 4 is 0 Å². The van der Waals surface area contributed by atoms with Crippen molar-refractivity contribution in [3.8, 4) is 0 Å². The molecule has 4 nitrogen and oxygen atoms in total. The molecule has 6 N–H and O–H groups in total. The van der Waals surface area contributed by atoms with Gasteiger partial charge in [0.15, 0.2) is 0 Å². The molecule has 11 heavy (non-hydrogen) atoms. The van der Waals surface area contributed by atoms with Crippen molar-refractivity contribution < 1.29 is 10.2 Å². The van der Waals surface area contributed by atoms with Gasteiger partial charge in [-0.2, -0.15) is 0 Å². The van der Waals surface area contributed by atoms with E-state index in [1.807, 2.05) is 0 Å². The van der Waals surface area contributed by atoms with Gasteiger partial charge in [0.1, 0.15) is 0 Å². The molecule has 0 spiro atoms. The van der Waals surface area contributed by atoms with E-state index in [1.165, 1.54) is 0 Å². The van der Waals surface area contributed by atoms with Crippen molar-refractivity contribution in [2.24, 2.45) is 11.5 Å². The minimum atomic E-state index is -0.784. The minimum Gasteiger partial charge on any atom is -0.390 e. The second-order valence-electron chi connectivity index (χ2n) is 2.65. The summed E-state index contributed by atoms with van der Waals surface area (Å²) in [4.78, 5) is 0. The molecule has 0 aliphatic rings. The van der Waals surface area contributed by atoms with Crippen LogP contribution in [0.25, 0.3) is 0 Å². The lowest BCUT2D eigenvalue weighted by molar-refractivity contribution is 0.0190. The van der Waals surface area contributed by atoms with E-state index in [2.05, 4.69) is 0 Å². The van der Waals surface area contributed by atoms with Crippen molar-refractivity contribution in [1.29, 1.82) is 0 Å². The van der Waals surface area contributed by atoms with Gasteiger partial charge in [-0.15, -0.1) is 0 Å². The lowest BCUT2D eigenvalue weighted by Crippen LogP contribution is -2.33. The van der Waals surface area contributed by atoms with Crippen molar-refractivity contribution in [2.75, 3.05) is 13.1 Å². The van der Waals surface area contributed by atoms with Crippen LogP contribution in [0.5, 0.6) is 0 Å². The molecule has 0 bridgehead atoms. The van der Waals surface area contributed by atoms with Gasteiger partial charge in [-0.05, 0) is 25.8 Å². The molecule has 0 saturated carbocycles. The molecule has 0 amide bonds. The normalized spacial score (nSPS) is 16.4. The summed E-state index contributed by atoms with van der Waals surface area (Å²) in [5.41, 5.74) is 10.4. The molecular weight excluding hydrogens is 144 g/mol. The summed E-state index contributed by atoms with van der Waals surface area (Å²) in [6, 6.07) is 0. The highest BCUT2D eigenvalue weighted by atomic mass is 16.3. The van der Waals surface area contributed by atoms with E-state index in [-0.39, 0.29) is 6.54 Å². The standard InChI is InChI=1S/C7H18N2O2/c8-4-2-1-3-6(10)7(11)5-9/h6-7,10-11H,1-5,8-9H2. The highest BCUT2D eigenvalue weighted by Gasteiger charge is 2.12. The van der Waals surface area contributed by atoms with E-state index in [0.29, 0.717) is 13.0 Å². The van der Waals surface area contributed by atoms with E-state index >= 15 is 0 Å². The molecule has 0 fully saturated rings. The van der Waals surface area contributed by atoms with Gasteiger partial charge in [-0.3, -0.25) is 0 Å². The Morgan fingerprint density at radius 3 is 2.09 bits per heavy atom. The van der Waals surface area contributed by atoms with Crippen LogP contribution >= 0.6 is 0 Å². The van der Waals surface area contributed by atoms with E-state index in [1.54, 1.807) is 0 Å². The van der Waals surface area contributed by atoms with Crippen molar-refractivity contribution in [2.45, 2.75) is 31.5 Å². The average Bonchev–Trinajstić information content (AvgIpc) is 2.03. The summed E-state index contributed by atoms with van der Waals surface area (Å²) in [6.45, 7) is 0.745. The number of aliphatic hydroxyl groups is 2. The Kier molecular flexibility index (Phi) is 6.45. The molecule has 4 heteroatoms. The maximum Gasteiger partial charge on any atom is 0.0920 e. The van der Waals surface area contributed by atoms with E-state index in [9.17, 15) is 5.11 Å². The van der Waals surface area contributed by atoms with E-state index in [0.717, 1.165) is 12.8 Å². The zero-order chi connectivity index (χ0) is 8.69. The van der Waals surface area contributed by atoms with Gasteiger partial charge in [-0.1, -0.05) is 0 Å². The molecule has 2 unspecified atom stereocenters. The van der Waals surface area contributed by atoms with Gasteiger partial charge in [0.25, 0.3) is 0 Å². The van der Waals surface area contributed by atoms with Gasteiger partial charge in [-0.25, -0.2) is 0 Å². The molecule has 0 aromatic rings. The predicted molar refractivity (Wildman–Crippen MR) is 44.0 cm³/mol. The summed E-state index contributed by atoms with van der Waals surface area (Å²) >= 11 is 0. The summed E-state index contributed by atoms with van der Waals surface area (Å²) in [5, 5.41) is 18.2. The molecule has 0 aliphatic carbocycles. The SMILES string of the molecule is NCCCCC(O)C(O)CN. The van der Waals surface area contributed by atoms with Gasteiger partial charge in [0.05, 0.1) is 12.2 Å². The van der Waals surface area contributed by atoms with Crippen molar-refractivity contribution in [3.05, 3.63) is 0 Å². The van der Waals surface area contributed by atoms with Crippen LogP contribution in [0.2, 0.25) is 0 Å². The number of aliphatic hydroxyl groups excluding tert-OH is 2. The number of nitrogens with two attached hydrogens (primary N) is 2. The Morgan fingerprint density at radius 1 is 1.00 bits per heavy atom. The van der Waals surface area contributed by atoms with Gasteiger partial charge in [0, 0.05) is 6.54 Å². The van der Waals surface area contributed by atoms with E-state index in [4.69, 9.17) is 16.6 Å². The third-order valence-electron chi connectivity index (χ3n) is 1.64. The quantitative estimate of drug-likeness (QED) is 0.369. The Morgan fingerprint density at radius 2 is 1.64 bits per heavy atom. The molecule has 0 aromatic heterocycles. The fraction of sp³-hybridized carbons (Fsp3) is 1.00. The monoisotopic (exact) mass is 162 g/mol. The van der Waals surface area contributed by atoms with Crippen LogP contribution in [0.3, 0.4) is 0 Å². The largest absolute Gasteiger partial charge is 0.390 e. The van der Waals surface area contributed by atoms with Crippen LogP contribution in [-0.4, -0.2) is 35.5 Å². The lowest BCUT2D eigenvalue weighted by Gasteiger charge is -2.14. The first kappa shape index (κ1) is 10.8. The molecular formula is C7H18N2O2. The fourth-order valence-corrected chi connectivity index (χ4v) is 0.847. The molecule has 68 valence electrons. The van der Waals surface area contributed by atoms with Crippen molar-refractivity contribution in [1.82, 2.24) is 0 Å². The lowest BCUT2D eigenvalue weighted by atomic mass is 10.1. The second kappa shape index (κ2) is 6.54. The number of rotatable bonds is 6. The van der Waals surface area contributed by atoms with Crippen LogP contribution in [0.4, 0.5) is 0 Å². The van der Waals surface area contributed by atoms with E-state index < -0.39 is 12.2 Å². The molecule has 0 rings (SSSR count). The molecule has 0 radical (unpaired) electrons.